The number of hydrogen-bond acceptors (Lipinski definition) is 2. The largest absolute Gasteiger partial charge is 0.396 e. The molecule has 2 rings (SSSR count). The second kappa shape index (κ2) is 5.61. The average Bonchev–Trinajstić information content (AvgIpc) is 2.34. The molecule has 3 heteroatoms. The summed E-state index contributed by atoms with van der Waals surface area (Å²) in [6.45, 7) is 4.80. The van der Waals surface area contributed by atoms with Crippen molar-refractivity contribution in [3.05, 3.63) is 35.1 Å². The molecular formula is C14H20FNO. The van der Waals surface area contributed by atoms with Crippen molar-refractivity contribution < 1.29 is 9.50 Å². The summed E-state index contributed by atoms with van der Waals surface area (Å²) in [6, 6.07) is 5.44. The molecule has 0 aliphatic carbocycles. The molecule has 1 fully saturated rings. The lowest BCUT2D eigenvalue weighted by Crippen LogP contribution is -2.36. The number of aliphatic hydroxyl groups excluding tert-OH is 1. The zero-order chi connectivity index (χ0) is 12.3. The maximum Gasteiger partial charge on any atom is 0.126 e. The molecule has 1 aromatic carbocycles. The Morgan fingerprint density at radius 2 is 2.29 bits per heavy atom. The van der Waals surface area contributed by atoms with Crippen LogP contribution in [0.5, 0.6) is 0 Å². The Kier molecular flexibility index (Phi) is 4.13. The van der Waals surface area contributed by atoms with Crippen molar-refractivity contribution >= 4 is 0 Å². The molecule has 1 aliphatic rings. The van der Waals surface area contributed by atoms with E-state index in [1.807, 2.05) is 12.1 Å². The number of rotatable bonds is 3. The van der Waals surface area contributed by atoms with Crippen molar-refractivity contribution in [3.8, 4) is 0 Å². The van der Waals surface area contributed by atoms with Gasteiger partial charge in [-0.2, -0.15) is 0 Å². The molecular weight excluding hydrogens is 217 g/mol. The van der Waals surface area contributed by atoms with E-state index in [4.69, 9.17) is 5.11 Å². The highest BCUT2D eigenvalue weighted by Crippen LogP contribution is 2.19. The summed E-state index contributed by atoms with van der Waals surface area (Å²) in [5, 5.41) is 9.17. The van der Waals surface area contributed by atoms with Crippen LogP contribution in [0.25, 0.3) is 0 Å². The molecule has 0 bridgehead atoms. The molecule has 0 radical (unpaired) electrons. The van der Waals surface area contributed by atoms with E-state index in [0.29, 0.717) is 11.5 Å². The highest BCUT2D eigenvalue weighted by Gasteiger charge is 2.19. The van der Waals surface area contributed by atoms with Crippen molar-refractivity contribution in [2.45, 2.75) is 26.3 Å². The monoisotopic (exact) mass is 237 g/mol. The fourth-order valence-electron chi connectivity index (χ4n) is 2.44. The summed E-state index contributed by atoms with van der Waals surface area (Å²) < 4.78 is 13.4. The molecule has 1 atom stereocenters. The van der Waals surface area contributed by atoms with Crippen LogP contribution >= 0.6 is 0 Å². The summed E-state index contributed by atoms with van der Waals surface area (Å²) in [5.41, 5.74) is 1.72. The van der Waals surface area contributed by atoms with Crippen molar-refractivity contribution in [3.63, 3.8) is 0 Å². The number of hydrogen-bond donors (Lipinski definition) is 1. The first-order valence-electron chi connectivity index (χ1n) is 6.27. The maximum atomic E-state index is 13.4. The van der Waals surface area contributed by atoms with Crippen LogP contribution < -0.4 is 0 Å². The predicted molar refractivity (Wildman–Crippen MR) is 66.2 cm³/mol. The Balaban J connectivity index is 1.97. The van der Waals surface area contributed by atoms with Gasteiger partial charge in [-0.15, -0.1) is 0 Å². The first-order chi connectivity index (χ1) is 8.19. The fraction of sp³-hybridized carbons (Fsp3) is 0.571. The Labute approximate surface area is 102 Å². The molecule has 94 valence electrons. The number of aliphatic hydroxyl groups is 1. The highest BCUT2D eigenvalue weighted by molar-refractivity contribution is 5.23. The molecule has 0 amide bonds. The summed E-state index contributed by atoms with van der Waals surface area (Å²) >= 11 is 0. The lowest BCUT2D eigenvalue weighted by Gasteiger charge is -2.31. The summed E-state index contributed by atoms with van der Waals surface area (Å²) in [7, 11) is 0. The number of nitrogens with zero attached hydrogens (tertiary/aromatic N) is 1. The lowest BCUT2D eigenvalue weighted by molar-refractivity contribution is 0.116. The minimum absolute atomic E-state index is 0.127. The normalized spacial score (nSPS) is 21.7. The Morgan fingerprint density at radius 3 is 3.00 bits per heavy atom. The first-order valence-corrected chi connectivity index (χ1v) is 6.27. The van der Waals surface area contributed by atoms with Crippen molar-refractivity contribution in [2.24, 2.45) is 5.92 Å². The second-order valence-corrected chi connectivity index (χ2v) is 5.01. The number of benzene rings is 1. The quantitative estimate of drug-likeness (QED) is 0.872. The Hall–Kier alpha value is -0.930. The molecule has 1 unspecified atom stereocenters. The second-order valence-electron chi connectivity index (χ2n) is 5.01. The van der Waals surface area contributed by atoms with Crippen LogP contribution in [0.4, 0.5) is 4.39 Å². The van der Waals surface area contributed by atoms with Crippen LogP contribution in [0.1, 0.15) is 24.0 Å². The van der Waals surface area contributed by atoms with E-state index < -0.39 is 0 Å². The molecule has 0 saturated carbocycles. The Morgan fingerprint density at radius 1 is 1.47 bits per heavy atom. The van der Waals surface area contributed by atoms with E-state index in [1.165, 1.54) is 0 Å². The summed E-state index contributed by atoms with van der Waals surface area (Å²) in [6.07, 6.45) is 2.23. The molecule has 1 aliphatic heterocycles. The highest BCUT2D eigenvalue weighted by atomic mass is 19.1. The zero-order valence-corrected chi connectivity index (χ0v) is 10.3. The van der Waals surface area contributed by atoms with Crippen LogP contribution in [0.2, 0.25) is 0 Å². The van der Waals surface area contributed by atoms with E-state index in [2.05, 4.69) is 4.90 Å². The SMILES string of the molecule is Cc1ccc(CN2CCCC(CO)C2)cc1F. The van der Waals surface area contributed by atoms with Gasteiger partial charge in [-0.05, 0) is 49.4 Å². The third-order valence-electron chi connectivity index (χ3n) is 3.50. The topological polar surface area (TPSA) is 23.5 Å². The number of piperidine rings is 1. The van der Waals surface area contributed by atoms with E-state index in [1.54, 1.807) is 13.0 Å². The standard InChI is InChI=1S/C14H20FNO/c1-11-4-5-12(7-14(11)15)8-16-6-2-3-13(9-16)10-17/h4-5,7,13,17H,2-3,6,8-10H2,1H3. The average molecular weight is 237 g/mol. The third-order valence-corrected chi connectivity index (χ3v) is 3.50. The smallest absolute Gasteiger partial charge is 0.126 e. The molecule has 1 saturated heterocycles. The van der Waals surface area contributed by atoms with Gasteiger partial charge in [-0.25, -0.2) is 4.39 Å². The maximum absolute atomic E-state index is 13.4. The van der Waals surface area contributed by atoms with E-state index in [-0.39, 0.29) is 12.4 Å². The zero-order valence-electron chi connectivity index (χ0n) is 10.3. The number of halogens is 1. The van der Waals surface area contributed by atoms with Gasteiger partial charge in [0.25, 0.3) is 0 Å². The van der Waals surface area contributed by atoms with Crippen LogP contribution in [0, 0.1) is 18.7 Å². The summed E-state index contributed by atoms with van der Waals surface area (Å²) in [4.78, 5) is 2.30. The van der Waals surface area contributed by atoms with E-state index in [9.17, 15) is 4.39 Å². The van der Waals surface area contributed by atoms with Crippen molar-refractivity contribution in [1.82, 2.24) is 4.90 Å². The molecule has 2 nitrogen and oxygen atoms in total. The third kappa shape index (κ3) is 3.27. The molecule has 0 spiro atoms. The summed E-state index contributed by atoms with van der Waals surface area (Å²) in [5.74, 6) is 0.261. The van der Waals surface area contributed by atoms with Gasteiger partial charge in [-0.3, -0.25) is 4.90 Å². The lowest BCUT2D eigenvalue weighted by atomic mass is 9.98. The van der Waals surface area contributed by atoms with E-state index in [0.717, 1.165) is 38.0 Å². The van der Waals surface area contributed by atoms with Crippen LogP contribution in [0.3, 0.4) is 0 Å². The van der Waals surface area contributed by atoms with Crippen LogP contribution in [-0.2, 0) is 6.54 Å². The number of likely N-dealkylation sites (tertiary alicyclic amines) is 1. The van der Waals surface area contributed by atoms with Gasteiger partial charge in [0.15, 0.2) is 0 Å². The minimum atomic E-state index is -0.127. The fourth-order valence-corrected chi connectivity index (χ4v) is 2.44. The Bertz CT molecular complexity index is 380. The van der Waals surface area contributed by atoms with Crippen molar-refractivity contribution in [1.29, 1.82) is 0 Å². The predicted octanol–water partition coefficient (Wildman–Crippen LogP) is 2.34. The molecule has 1 aromatic rings. The van der Waals surface area contributed by atoms with Gasteiger partial charge in [0.2, 0.25) is 0 Å². The van der Waals surface area contributed by atoms with Crippen LogP contribution in [0.15, 0.2) is 18.2 Å². The van der Waals surface area contributed by atoms with Gasteiger partial charge in [0.1, 0.15) is 5.82 Å². The van der Waals surface area contributed by atoms with Crippen LogP contribution in [-0.4, -0.2) is 29.7 Å². The molecule has 1 heterocycles. The number of aryl methyl sites for hydroxylation is 1. The first kappa shape index (κ1) is 12.5. The molecule has 1 N–H and O–H groups in total. The molecule has 0 aromatic heterocycles. The van der Waals surface area contributed by atoms with Gasteiger partial charge in [0.05, 0.1) is 0 Å². The van der Waals surface area contributed by atoms with E-state index >= 15 is 0 Å². The minimum Gasteiger partial charge on any atom is -0.396 e. The van der Waals surface area contributed by atoms with Gasteiger partial charge in [-0.1, -0.05) is 12.1 Å². The molecule has 17 heavy (non-hydrogen) atoms. The van der Waals surface area contributed by atoms with Gasteiger partial charge in [0, 0.05) is 19.7 Å². The van der Waals surface area contributed by atoms with Crippen molar-refractivity contribution in [2.75, 3.05) is 19.7 Å². The van der Waals surface area contributed by atoms with Gasteiger partial charge >= 0.3 is 0 Å². The van der Waals surface area contributed by atoms with Gasteiger partial charge < -0.3 is 5.11 Å².